The van der Waals surface area contributed by atoms with E-state index in [-0.39, 0.29) is 5.56 Å². The van der Waals surface area contributed by atoms with Crippen molar-refractivity contribution in [3.05, 3.63) is 71.3 Å². The summed E-state index contributed by atoms with van der Waals surface area (Å²) >= 11 is 0. The Morgan fingerprint density at radius 2 is 1.65 bits per heavy atom. The van der Waals surface area contributed by atoms with Crippen LogP contribution in [0.1, 0.15) is 25.7 Å². The average Bonchev–Trinajstić information content (AvgIpc) is 3.67. The quantitative estimate of drug-likeness (QED) is 0.570. The standard InChI is InChI=1S/C27H31N5O2/c33-25-23-8-4-5-9-24(23)28-19-30(25)17-16-29-14-12-27(13-15-29)26(34)31(18-21-10-11-21)20-32(27)22-6-2-1-3-7-22/h1-9,19,21H,10-18,20H2. The third-order valence-electron chi connectivity index (χ3n) is 7.83. The highest BCUT2D eigenvalue weighted by atomic mass is 16.2. The fraction of sp³-hybridized carbons (Fsp3) is 0.444. The number of rotatable bonds is 6. The van der Waals surface area contributed by atoms with Crippen molar-refractivity contribution in [2.24, 2.45) is 5.92 Å². The lowest BCUT2D eigenvalue weighted by Gasteiger charge is -2.43. The summed E-state index contributed by atoms with van der Waals surface area (Å²) in [4.78, 5) is 37.8. The number of fused-ring (bicyclic) bond motifs is 1. The number of carbonyl (C=O) groups is 1. The molecular formula is C27H31N5O2. The molecule has 6 rings (SSSR count). The number of aromatic nitrogens is 2. The van der Waals surface area contributed by atoms with Crippen LogP contribution < -0.4 is 10.5 Å². The van der Waals surface area contributed by atoms with E-state index >= 15 is 0 Å². The first kappa shape index (κ1) is 21.4. The number of likely N-dealkylation sites (tertiary alicyclic amines) is 1. The first-order valence-electron chi connectivity index (χ1n) is 12.4. The normalized spacial score (nSPS) is 20.5. The zero-order valence-electron chi connectivity index (χ0n) is 19.5. The summed E-state index contributed by atoms with van der Waals surface area (Å²) in [7, 11) is 0. The van der Waals surface area contributed by atoms with Gasteiger partial charge in [0.05, 0.1) is 23.9 Å². The third kappa shape index (κ3) is 3.78. The molecule has 1 aromatic heterocycles. The predicted octanol–water partition coefficient (Wildman–Crippen LogP) is 2.95. The average molecular weight is 458 g/mol. The Morgan fingerprint density at radius 1 is 0.912 bits per heavy atom. The lowest BCUT2D eigenvalue weighted by molar-refractivity contribution is -0.133. The molecule has 1 spiro atoms. The third-order valence-corrected chi connectivity index (χ3v) is 7.83. The predicted molar refractivity (Wildman–Crippen MR) is 133 cm³/mol. The number of anilines is 1. The Balaban J connectivity index is 1.16. The summed E-state index contributed by atoms with van der Waals surface area (Å²) in [5.41, 5.74) is 1.43. The molecule has 7 heteroatoms. The molecule has 0 unspecified atom stereocenters. The molecule has 2 saturated heterocycles. The molecule has 0 N–H and O–H groups in total. The molecule has 34 heavy (non-hydrogen) atoms. The van der Waals surface area contributed by atoms with Gasteiger partial charge in [-0.05, 0) is 55.9 Å². The van der Waals surface area contributed by atoms with Gasteiger partial charge >= 0.3 is 0 Å². The van der Waals surface area contributed by atoms with Crippen LogP contribution in [0.4, 0.5) is 5.69 Å². The highest BCUT2D eigenvalue weighted by molar-refractivity contribution is 5.93. The highest BCUT2D eigenvalue weighted by Crippen LogP contribution is 2.41. The minimum Gasteiger partial charge on any atom is -0.339 e. The topological polar surface area (TPSA) is 61.7 Å². The second-order valence-electron chi connectivity index (χ2n) is 10.0. The minimum absolute atomic E-state index is 0.0102. The maximum absolute atomic E-state index is 13.7. The molecule has 2 aliphatic heterocycles. The van der Waals surface area contributed by atoms with Crippen LogP contribution in [0.25, 0.3) is 10.9 Å². The van der Waals surface area contributed by atoms with Crippen molar-refractivity contribution in [2.45, 2.75) is 37.8 Å². The summed E-state index contributed by atoms with van der Waals surface area (Å²) in [5.74, 6) is 0.989. The number of carbonyl (C=O) groups excluding carboxylic acids is 1. The fourth-order valence-electron chi connectivity index (χ4n) is 5.61. The van der Waals surface area contributed by atoms with Crippen LogP contribution >= 0.6 is 0 Å². The molecular weight excluding hydrogens is 426 g/mol. The van der Waals surface area contributed by atoms with Crippen molar-refractivity contribution in [2.75, 3.05) is 37.7 Å². The summed E-state index contributed by atoms with van der Waals surface area (Å²) in [6, 6.07) is 17.9. The molecule has 0 atom stereocenters. The second kappa shape index (κ2) is 8.55. The van der Waals surface area contributed by atoms with Crippen LogP contribution in [0.2, 0.25) is 0 Å². The molecule has 7 nitrogen and oxygen atoms in total. The smallest absolute Gasteiger partial charge is 0.261 e. The number of nitrogens with zero attached hydrogens (tertiary/aromatic N) is 5. The Bertz CT molecular complexity index is 1240. The van der Waals surface area contributed by atoms with Gasteiger partial charge in [-0.1, -0.05) is 30.3 Å². The van der Waals surface area contributed by atoms with Crippen LogP contribution in [0.5, 0.6) is 0 Å². The number of benzene rings is 2. The van der Waals surface area contributed by atoms with Crippen LogP contribution in [-0.2, 0) is 11.3 Å². The lowest BCUT2D eigenvalue weighted by Crippen LogP contribution is -2.56. The molecule has 3 aromatic rings. The molecule has 3 aliphatic rings. The Kier molecular flexibility index (Phi) is 5.37. The largest absolute Gasteiger partial charge is 0.339 e. The van der Waals surface area contributed by atoms with E-state index in [2.05, 4.69) is 43.9 Å². The molecule has 1 saturated carbocycles. The molecule has 176 valence electrons. The monoisotopic (exact) mass is 457 g/mol. The van der Waals surface area contributed by atoms with Gasteiger partial charge in [0.15, 0.2) is 0 Å². The van der Waals surface area contributed by atoms with Crippen LogP contribution in [0, 0.1) is 5.92 Å². The van der Waals surface area contributed by atoms with E-state index in [4.69, 9.17) is 0 Å². The molecule has 2 aromatic carbocycles. The van der Waals surface area contributed by atoms with Crippen LogP contribution in [0.15, 0.2) is 65.7 Å². The van der Waals surface area contributed by atoms with Crippen LogP contribution in [0.3, 0.4) is 0 Å². The van der Waals surface area contributed by atoms with Gasteiger partial charge in [0, 0.05) is 38.4 Å². The summed E-state index contributed by atoms with van der Waals surface area (Å²) < 4.78 is 1.71. The number of hydrogen-bond donors (Lipinski definition) is 0. The molecule has 0 bridgehead atoms. The van der Waals surface area contributed by atoms with Gasteiger partial charge in [0.2, 0.25) is 5.91 Å². The summed E-state index contributed by atoms with van der Waals surface area (Å²) in [6.07, 6.45) is 5.78. The van der Waals surface area contributed by atoms with E-state index in [0.717, 1.165) is 50.2 Å². The van der Waals surface area contributed by atoms with Crippen molar-refractivity contribution in [1.29, 1.82) is 0 Å². The number of amides is 1. The van der Waals surface area contributed by atoms with Gasteiger partial charge < -0.3 is 14.7 Å². The second-order valence-corrected chi connectivity index (χ2v) is 10.0. The van der Waals surface area contributed by atoms with Gasteiger partial charge in [0.1, 0.15) is 5.54 Å². The fourth-order valence-corrected chi connectivity index (χ4v) is 5.61. The van der Waals surface area contributed by atoms with E-state index in [1.807, 2.05) is 30.3 Å². The Hall–Kier alpha value is -3.19. The van der Waals surface area contributed by atoms with Gasteiger partial charge in [0.25, 0.3) is 5.56 Å². The van der Waals surface area contributed by atoms with Crippen LogP contribution in [-0.4, -0.2) is 63.6 Å². The van der Waals surface area contributed by atoms with Crippen molar-refractivity contribution in [3.63, 3.8) is 0 Å². The van der Waals surface area contributed by atoms with Gasteiger partial charge in [-0.2, -0.15) is 0 Å². The zero-order valence-corrected chi connectivity index (χ0v) is 19.5. The van der Waals surface area contributed by atoms with E-state index in [1.54, 1.807) is 10.9 Å². The van der Waals surface area contributed by atoms with Crippen molar-refractivity contribution in [3.8, 4) is 0 Å². The lowest BCUT2D eigenvalue weighted by atomic mass is 9.85. The maximum Gasteiger partial charge on any atom is 0.261 e. The van der Waals surface area contributed by atoms with Gasteiger partial charge in [-0.25, -0.2) is 4.98 Å². The van der Waals surface area contributed by atoms with Crippen molar-refractivity contribution in [1.82, 2.24) is 19.4 Å². The van der Waals surface area contributed by atoms with Gasteiger partial charge in [-0.15, -0.1) is 0 Å². The first-order valence-corrected chi connectivity index (χ1v) is 12.4. The molecule has 1 amide bonds. The Labute approximate surface area is 199 Å². The van der Waals surface area contributed by atoms with E-state index in [1.165, 1.54) is 12.8 Å². The minimum atomic E-state index is -0.450. The molecule has 0 radical (unpaired) electrons. The SMILES string of the molecule is O=C1N(CC2CC2)CN(c2ccccc2)C12CCN(CCn1cnc3ccccc3c1=O)CC2. The summed E-state index contributed by atoms with van der Waals surface area (Å²) in [5, 5.41) is 0.661. The summed E-state index contributed by atoms with van der Waals surface area (Å²) in [6.45, 7) is 4.67. The Morgan fingerprint density at radius 3 is 2.41 bits per heavy atom. The number of piperidine rings is 1. The number of para-hydroxylation sites is 2. The van der Waals surface area contributed by atoms with Gasteiger partial charge in [-0.3, -0.25) is 14.2 Å². The molecule has 1 aliphatic carbocycles. The van der Waals surface area contributed by atoms with Crippen molar-refractivity contribution >= 4 is 22.5 Å². The van der Waals surface area contributed by atoms with E-state index in [9.17, 15) is 9.59 Å². The molecule has 3 fully saturated rings. The maximum atomic E-state index is 13.7. The van der Waals surface area contributed by atoms with E-state index in [0.29, 0.717) is 30.4 Å². The number of hydrogen-bond acceptors (Lipinski definition) is 5. The molecule has 3 heterocycles. The zero-order chi connectivity index (χ0) is 23.1. The van der Waals surface area contributed by atoms with E-state index < -0.39 is 5.54 Å². The first-order chi connectivity index (χ1) is 16.6. The van der Waals surface area contributed by atoms with Crippen molar-refractivity contribution < 1.29 is 4.79 Å². The highest BCUT2D eigenvalue weighted by Gasteiger charge is 2.54.